The molecule has 2 aromatic heterocycles. The summed E-state index contributed by atoms with van der Waals surface area (Å²) in [7, 11) is 0. The molecule has 0 amide bonds. The van der Waals surface area contributed by atoms with Crippen molar-refractivity contribution in [2.24, 2.45) is 0 Å². The van der Waals surface area contributed by atoms with Gasteiger partial charge in [-0.3, -0.25) is 9.97 Å². The van der Waals surface area contributed by atoms with E-state index in [0.29, 0.717) is 10.7 Å². The highest BCUT2D eigenvalue weighted by molar-refractivity contribution is 6.31. The summed E-state index contributed by atoms with van der Waals surface area (Å²) in [6, 6.07) is 3.52. The van der Waals surface area contributed by atoms with Crippen LogP contribution >= 0.6 is 11.6 Å². The van der Waals surface area contributed by atoms with Gasteiger partial charge in [0.05, 0.1) is 27.9 Å². The molecule has 60 valence electrons. The van der Waals surface area contributed by atoms with Gasteiger partial charge in [-0.15, -0.1) is 0 Å². The minimum Gasteiger partial charge on any atom is -0.397 e. The summed E-state index contributed by atoms with van der Waals surface area (Å²) < 4.78 is 0. The lowest BCUT2D eigenvalue weighted by Gasteiger charge is -1.97. The Morgan fingerprint density at radius 2 is 1.75 bits per heavy atom. The second-order valence-corrected chi connectivity index (χ2v) is 2.90. The van der Waals surface area contributed by atoms with Crippen LogP contribution in [-0.2, 0) is 0 Å². The molecule has 0 spiro atoms. The van der Waals surface area contributed by atoms with Gasteiger partial charge in [0, 0.05) is 6.20 Å². The Labute approximate surface area is 74.2 Å². The fraction of sp³-hybridized carbons (Fsp3) is 0. The van der Waals surface area contributed by atoms with Crippen molar-refractivity contribution in [1.29, 1.82) is 0 Å². The molecule has 2 N–H and O–H groups in total. The lowest BCUT2D eigenvalue weighted by Crippen LogP contribution is -1.88. The molecular weight excluding hydrogens is 174 g/mol. The van der Waals surface area contributed by atoms with E-state index in [0.717, 1.165) is 11.0 Å². The molecule has 0 atom stereocenters. The van der Waals surface area contributed by atoms with Crippen LogP contribution in [0.3, 0.4) is 0 Å². The van der Waals surface area contributed by atoms with Gasteiger partial charge in [0.2, 0.25) is 0 Å². The lowest BCUT2D eigenvalue weighted by atomic mass is 10.3. The van der Waals surface area contributed by atoms with E-state index in [-0.39, 0.29) is 0 Å². The minimum absolute atomic E-state index is 0.583. The van der Waals surface area contributed by atoms with Gasteiger partial charge in [0.1, 0.15) is 0 Å². The van der Waals surface area contributed by atoms with Crippen molar-refractivity contribution in [2.75, 3.05) is 5.73 Å². The van der Waals surface area contributed by atoms with Crippen LogP contribution in [0.15, 0.2) is 24.5 Å². The van der Waals surface area contributed by atoms with E-state index in [4.69, 9.17) is 17.3 Å². The topological polar surface area (TPSA) is 51.8 Å². The van der Waals surface area contributed by atoms with Gasteiger partial charge in [-0.25, -0.2) is 0 Å². The molecule has 0 aromatic carbocycles. The quantitative estimate of drug-likeness (QED) is 0.672. The van der Waals surface area contributed by atoms with Crippen LogP contribution in [0.4, 0.5) is 5.69 Å². The Morgan fingerprint density at radius 3 is 2.58 bits per heavy atom. The van der Waals surface area contributed by atoms with Crippen molar-refractivity contribution >= 4 is 28.3 Å². The Morgan fingerprint density at radius 1 is 1.08 bits per heavy atom. The van der Waals surface area contributed by atoms with Crippen LogP contribution in [0.5, 0.6) is 0 Å². The van der Waals surface area contributed by atoms with Gasteiger partial charge in [0.25, 0.3) is 0 Å². The van der Waals surface area contributed by atoms with E-state index < -0.39 is 0 Å². The normalized spacial score (nSPS) is 10.4. The lowest BCUT2D eigenvalue weighted by molar-refractivity contribution is 1.34. The number of nitrogen functional groups attached to an aromatic ring is 1. The second kappa shape index (κ2) is 2.60. The first-order valence-corrected chi connectivity index (χ1v) is 3.80. The molecule has 0 fully saturated rings. The number of rotatable bonds is 0. The molecule has 0 radical (unpaired) electrons. The first-order chi connectivity index (χ1) is 5.75. The van der Waals surface area contributed by atoms with Crippen LogP contribution in [0.25, 0.3) is 11.0 Å². The SMILES string of the molecule is Nc1cnc2cc(Cl)cnc2c1. The van der Waals surface area contributed by atoms with Crippen LogP contribution in [0, 0.1) is 0 Å². The first kappa shape index (κ1) is 7.31. The second-order valence-electron chi connectivity index (χ2n) is 2.46. The average Bonchev–Trinajstić information content (AvgIpc) is 2.05. The van der Waals surface area contributed by atoms with Gasteiger partial charge in [-0.1, -0.05) is 11.6 Å². The summed E-state index contributed by atoms with van der Waals surface area (Å²) in [6.45, 7) is 0. The maximum absolute atomic E-state index is 5.72. The first-order valence-electron chi connectivity index (χ1n) is 3.42. The van der Waals surface area contributed by atoms with Gasteiger partial charge in [-0.2, -0.15) is 0 Å². The van der Waals surface area contributed by atoms with E-state index in [2.05, 4.69) is 9.97 Å². The highest BCUT2D eigenvalue weighted by atomic mass is 35.5. The third-order valence-electron chi connectivity index (χ3n) is 1.52. The van der Waals surface area contributed by atoms with Gasteiger partial charge in [0.15, 0.2) is 0 Å². The Balaban J connectivity index is 2.79. The number of aromatic nitrogens is 2. The maximum Gasteiger partial charge on any atom is 0.0908 e. The number of nitrogens with two attached hydrogens (primary N) is 1. The third kappa shape index (κ3) is 1.19. The van der Waals surface area contributed by atoms with Crippen LogP contribution in [0.1, 0.15) is 0 Å². The Kier molecular flexibility index (Phi) is 1.59. The van der Waals surface area contributed by atoms with E-state index >= 15 is 0 Å². The average molecular weight is 180 g/mol. The minimum atomic E-state index is 0.583. The molecule has 0 saturated heterocycles. The maximum atomic E-state index is 5.72. The van der Waals surface area contributed by atoms with Crippen molar-refractivity contribution < 1.29 is 0 Å². The van der Waals surface area contributed by atoms with Gasteiger partial charge in [-0.05, 0) is 12.1 Å². The zero-order chi connectivity index (χ0) is 8.55. The van der Waals surface area contributed by atoms with Crippen LogP contribution in [-0.4, -0.2) is 9.97 Å². The molecule has 3 nitrogen and oxygen atoms in total. The van der Waals surface area contributed by atoms with Crippen molar-refractivity contribution in [3.05, 3.63) is 29.5 Å². The number of fused-ring (bicyclic) bond motifs is 1. The standard InChI is InChI=1S/C8H6ClN3/c9-5-1-7-8(11-3-5)2-6(10)4-12-7/h1-4H,10H2. The zero-order valence-corrected chi connectivity index (χ0v) is 6.92. The smallest absolute Gasteiger partial charge is 0.0908 e. The molecule has 12 heavy (non-hydrogen) atoms. The summed E-state index contributed by atoms with van der Waals surface area (Å²) >= 11 is 5.72. The van der Waals surface area contributed by atoms with E-state index in [1.54, 1.807) is 24.5 Å². The Bertz CT molecular complexity index is 386. The number of nitrogens with zero attached hydrogens (tertiary/aromatic N) is 2. The molecule has 0 saturated carbocycles. The summed E-state index contributed by atoms with van der Waals surface area (Å²) in [6.07, 6.45) is 3.16. The summed E-state index contributed by atoms with van der Waals surface area (Å²) in [5, 5.41) is 0.583. The Hall–Kier alpha value is -1.35. The molecule has 0 bridgehead atoms. The third-order valence-corrected chi connectivity index (χ3v) is 1.73. The predicted octanol–water partition coefficient (Wildman–Crippen LogP) is 1.87. The van der Waals surface area contributed by atoms with E-state index in [1.807, 2.05) is 0 Å². The van der Waals surface area contributed by atoms with Crippen LogP contribution in [0.2, 0.25) is 5.02 Å². The van der Waals surface area contributed by atoms with E-state index in [1.165, 1.54) is 0 Å². The molecule has 2 heterocycles. The molecule has 2 aromatic rings. The number of anilines is 1. The number of hydrogen-bond acceptors (Lipinski definition) is 3. The molecule has 0 unspecified atom stereocenters. The molecule has 4 heteroatoms. The molecule has 2 rings (SSSR count). The van der Waals surface area contributed by atoms with Gasteiger partial charge >= 0.3 is 0 Å². The van der Waals surface area contributed by atoms with Crippen molar-refractivity contribution in [3.63, 3.8) is 0 Å². The van der Waals surface area contributed by atoms with Crippen molar-refractivity contribution in [3.8, 4) is 0 Å². The fourth-order valence-corrected chi connectivity index (χ4v) is 1.15. The molecule has 0 aliphatic heterocycles. The van der Waals surface area contributed by atoms with Crippen molar-refractivity contribution in [2.45, 2.75) is 0 Å². The van der Waals surface area contributed by atoms with Crippen molar-refractivity contribution in [1.82, 2.24) is 9.97 Å². The number of hydrogen-bond donors (Lipinski definition) is 1. The molecule has 0 aliphatic rings. The van der Waals surface area contributed by atoms with Gasteiger partial charge < -0.3 is 5.73 Å². The fourth-order valence-electron chi connectivity index (χ4n) is 0.993. The van der Waals surface area contributed by atoms with Crippen LogP contribution < -0.4 is 5.73 Å². The predicted molar refractivity (Wildman–Crippen MR) is 49.0 cm³/mol. The largest absolute Gasteiger partial charge is 0.397 e. The summed E-state index contributed by atoms with van der Waals surface area (Å²) in [4.78, 5) is 8.14. The highest BCUT2D eigenvalue weighted by Crippen LogP contribution is 2.15. The number of halogens is 1. The van der Waals surface area contributed by atoms with E-state index in [9.17, 15) is 0 Å². The molecule has 0 aliphatic carbocycles. The number of pyridine rings is 2. The zero-order valence-electron chi connectivity index (χ0n) is 6.16. The molecular formula is C8H6ClN3. The monoisotopic (exact) mass is 179 g/mol. The summed E-state index contributed by atoms with van der Waals surface area (Å²) in [5.74, 6) is 0. The highest BCUT2D eigenvalue weighted by Gasteiger charge is 1.96. The summed E-state index contributed by atoms with van der Waals surface area (Å²) in [5.41, 5.74) is 7.66.